The summed E-state index contributed by atoms with van der Waals surface area (Å²) in [6, 6.07) is 4.11. The van der Waals surface area contributed by atoms with Crippen molar-refractivity contribution in [2.24, 2.45) is 5.84 Å². The molecule has 0 aliphatic rings. The minimum absolute atomic E-state index is 0.185. The average Bonchev–Trinajstić information content (AvgIpc) is 2.10. The van der Waals surface area contributed by atoms with Gasteiger partial charge in [-0.15, -0.1) is 0 Å². The van der Waals surface area contributed by atoms with Gasteiger partial charge in [0, 0.05) is 6.54 Å². The van der Waals surface area contributed by atoms with E-state index in [1.54, 1.807) is 0 Å². The van der Waals surface area contributed by atoms with Crippen LogP contribution in [0.25, 0.3) is 0 Å². The van der Waals surface area contributed by atoms with Gasteiger partial charge in [0.25, 0.3) is 0 Å². The molecule has 0 bridgehead atoms. The van der Waals surface area contributed by atoms with E-state index in [0.717, 1.165) is 0 Å². The maximum Gasteiger partial charge on any atom is 0.157 e. The van der Waals surface area contributed by atoms with Crippen molar-refractivity contribution in [3.63, 3.8) is 0 Å². The van der Waals surface area contributed by atoms with Gasteiger partial charge in [0.2, 0.25) is 0 Å². The first kappa shape index (κ1) is 9.79. The van der Waals surface area contributed by atoms with Crippen LogP contribution < -0.4 is 11.3 Å². The van der Waals surface area contributed by atoms with Crippen LogP contribution in [0.4, 0.5) is 0 Å². The summed E-state index contributed by atoms with van der Waals surface area (Å²) in [4.78, 5) is 0. The van der Waals surface area contributed by atoms with Crippen LogP contribution in [0.3, 0.4) is 0 Å². The molecule has 5 heteroatoms. The maximum absolute atomic E-state index is 9.40. The Hall–Kier alpha value is -1.30. The van der Waals surface area contributed by atoms with E-state index in [2.05, 4.69) is 5.43 Å². The first-order valence-corrected chi connectivity index (χ1v) is 3.78. The molecule has 1 aromatic rings. The number of nitrogens with one attached hydrogen (secondary N) is 1. The highest BCUT2D eigenvalue weighted by Crippen LogP contribution is 2.27. The molecule has 13 heavy (non-hydrogen) atoms. The molecular formula is C8H12N2O3. The summed E-state index contributed by atoms with van der Waals surface area (Å²) in [6.45, 7) is 0.185. The van der Waals surface area contributed by atoms with Gasteiger partial charge < -0.3 is 15.3 Å². The third kappa shape index (κ3) is 2.32. The van der Waals surface area contributed by atoms with Crippen LogP contribution in [-0.2, 0) is 0 Å². The van der Waals surface area contributed by atoms with Gasteiger partial charge >= 0.3 is 0 Å². The number of aliphatic hydroxyl groups excluding tert-OH is 1. The molecule has 0 heterocycles. The summed E-state index contributed by atoms with van der Waals surface area (Å²) >= 11 is 0. The number of phenols is 2. The van der Waals surface area contributed by atoms with Gasteiger partial charge in [-0.1, -0.05) is 6.07 Å². The van der Waals surface area contributed by atoms with Crippen LogP contribution in [0.5, 0.6) is 11.5 Å². The Balaban J connectivity index is 2.84. The van der Waals surface area contributed by atoms with Crippen molar-refractivity contribution in [2.75, 3.05) is 6.54 Å². The van der Waals surface area contributed by atoms with Gasteiger partial charge in [0.15, 0.2) is 11.5 Å². The summed E-state index contributed by atoms with van der Waals surface area (Å²) in [7, 11) is 0. The molecule has 0 aromatic heterocycles. The number of hydrazine groups is 1. The SMILES string of the molecule is NNCC(O)c1ccc(O)c(O)c1. The molecule has 0 amide bonds. The largest absolute Gasteiger partial charge is 0.504 e. The standard InChI is InChI=1S/C8H12N2O3/c9-10-4-8(13)5-1-2-6(11)7(12)3-5/h1-3,8,10-13H,4,9H2. The Bertz CT molecular complexity index is 291. The molecule has 1 rings (SSSR count). The molecule has 0 saturated heterocycles. The van der Waals surface area contributed by atoms with E-state index in [1.807, 2.05) is 0 Å². The first-order valence-electron chi connectivity index (χ1n) is 3.78. The van der Waals surface area contributed by atoms with Gasteiger partial charge in [-0.25, -0.2) is 0 Å². The quantitative estimate of drug-likeness (QED) is 0.250. The van der Waals surface area contributed by atoms with E-state index >= 15 is 0 Å². The molecule has 0 aliphatic carbocycles. The molecule has 0 saturated carbocycles. The molecular weight excluding hydrogens is 172 g/mol. The molecule has 0 aliphatic heterocycles. The van der Waals surface area contributed by atoms with Gasteiger partial charge in [-0.3, -0.25) is 11.3 Å². The summed E-state index contributed by atoms with van der Waals surface area (Å²) in [5.74, 6) is 4.55. The lowest BCUT2D eigenvalue weighted by Crippen LogP contribution is -2.27. The first-order chi connectivity index (χ1) is 6.15. The van der Waals surface area contributed by atoms with Gasteiger partial charge in [-0.05, 0) is 17.7 Å². The lowest BCUT2D eigenvalue weighted by molar-refractivity contribution is 0.175. The van der Waals surface area contributed by atoms with Gasteiger partial charge in [0.1, 0.15) is 0 Å². The van der Waals surface area contributed by atoms with E-state index in [-0.39, 0.29) is 18.0 Å². The second-order valence-corrected chi connectivity index (χ2v) is 2.67. The maximum atomic E-state index is 9.40. The Morgan fingerprint density at radius 3 is 2.54 bits per heavy atom. The molecule has 1 atom stereocenters. The summed E-state index contributed by atoms with van der Waals surface area (Å²) < 4.78 is 0. The number of nitrogens with two attached hydrogens (primary N) is 1. The van der Waals surface area contributed by atoms with E-state index < -0.39 is 6.10 Å². The van der Waals surface area contributed by atoms with Gasteiger partial charge in [-0.2, -0.15) is 0 Å². The Kier molecular flexibility index (Phi) is 3.07. The van der Waals surface area contributed by atoms with Crippen molar-refractivity contribution in [3.05, 3.63) is 23.8 Å². The molecule has 6 N–H and O–H groups in total. The molecule has 0 radical (unpaired) electrons. The van der Waals surface area contributed by atoms with E-state index in [1.165, 1.54) is 18.2 Å². The topological polar surface area (TPSA) is 98.7 Å². The number of hydrogen-bond donors (Lipinski definition) is 5. The zero-order valence-electron chi connectivity index (χ0n) is 6.94. The molecule has 1 aromatic carbocycles. The lowest BCUT2D eigenvalue weighted by atomic mass is 10.1. The van der Waals surface area contributed by atoms with Crippen molar-refractivity contribution in [1.29, 1.82) is 0 Å². The fraction of sp³-hybridized carbons (Fsp3) is 0.250. The van der Waals surface area contributed by atoms with E-state index in [0.29, 0.717) is 5.56 Å². The fourth-order valence-electron chi connectivity index (χ4n) is 0.977. The summed E-state index contributed by atoms with van der Waals surface area (Å²) in [5, 5.41) is 27.5. The average molecular weight is 184 g/mol. The monoisotopic (exact) mass is 184 g/mol. The third-order valence-electron chi connectivity index (χ3n) is 1.70. The normalized spacial score (nSPS) is 12.8. The second kappa shape index (κ2) is 4.08. The van der Waals surface area contributed by atoms with Crippen LogP contribution in [0, 0.1) is 0 Å². The zero-order valence-corrected chi connectivity index (χ0v) is 6.94. The minimum atomic E-state index is -0.795. The number of benzene rings is 1. The third-order valence-corrected chi connectivity index (χ3v) is 1.70. The fourth-order valence-corrected chi connectivity index (χ4v) is 0.977. The molecule has 1 unspecified atom stereocenters. The molecule has 0 spiro atoms. The highest BCUT2D eigenvalue weighted by molar-refractivity contribution is 5.41. The number of rotatable bonds is 3. The van der Waals surface area contributed by atoms with Crippen molar-refractivity contribution >= 4 is 0 Å². The van der Waals surface area contributed by atoms with Crippen molar-refractivity contribution in [1.82, 2.24) is 5.43 Å². The molecule has 72 valence electrons. The summed E-state index contributed by atoms with van der Waals surface area (Å²) in [6.07, 6.45) is -0.795. The van der Waals surface area contributed by atoms with Gasteiger partial charge in [0.05, 0.1) is 6.10 Å². The number of phenolic OH excluding ortho intramolecular Hbond substituents is 2. The highest BCUT2D eigenvalue weighted by atomic mass is 16.3. The van der Waals surface area contributed by atoms with E-state index in [4.69, 9.17) is 16.1 Å². The molecule has 0 fully saturated rings. The predicted octanol–water partition coefficient (Wildman–Crippen LogP) is -0.406. The lowest BCUT2D eigenvalue weighted by Gasteiger charge is -2.10. The van der Waals surface area contributed by atoms with Crippen LogP contribution in [0.1, 0.15) is 11.7 Å². The molecule has 5 nitrogen and oxygen atoms in total. The Morgan fingerprint density at radius 2 is 2.00 bits per heavy atom. The van der Waals surface area contributed by atoms with Crippen LogP contribution in [0.15, 0.2) is 18.2 Å². The smallest absolute Gasteiger partial charge is 0.157 e. The van der Waals surface area contributed by atoms with Crippen molar-refractivity contribution in [3.8, 4) is 11.5 Å². The van der Waals surface area contributed by atoms with Crippen LogP contribution >= 0.6 is 0 Å². The summed E-state index contributed by atoms with van der Waals surface area (Å²) in [5.41, 5.74) is 2.80. The second-order valence-electron chi connectivity index (χ2n) is 2.67. The zero-order chi connectivity index (χ0) is 9.84. The van der Waals surface area contributed by atoms with Crippen molar-refractivity contribution in [2.45, 2.75) is 6.10 Å². The number of hydrogen-bond acceptors (Lipinski definition) is 5. The highest BCUT2D eigenvalue weighted by Gasteiger charge is 2.08. The Labute approximate surface area is 75.4 Å². The Morgan fingerprint density at radius 1 is 1.31 bits per heavy atom. The predicted molar refractivity (Wildman–Crippen MR) is 46.9 cm³/mol. The number of aromatic hydroxyl groups is 2. The van der Waals surface area contributed by atoms with E-state index in [9.17, 15) is 5.11 Å². The van der Waals surface area contributed by atoms with Crippen molar-refractivity contribution < 1.29 is 15.3 Å². The minimum Gasteiger partial charge on any atom is -0.504 e. The van der Waals surface area contributed by atoms with Crippen LogP contribution in [0.2, 0.25) is 0 Å². The number of aliphatic hydroxyl groups is 1. The van der Waals surface area contributed by atoms with Crippen LogP contribution in [-0.4, -0.2) is 21.9 Å².